The molecule has 0 aliphatic carbocycles. The summed E-state index contributed by atoms with van der Waals surface area (Å²) in [6.45, 7) is 2.94. The molecule has 1 heterocycles. The van der Waals surface area contributed by atoms with Crippen LogP contribution in [0.4, 0.5) is 11.5 Å². The van der Waals surface area contributed by atoms with E-state index in [2.05, 4.69) is 16.6 Å². The van der Waals surface area contributed by atoms with Crippen molar-refractivity contribution in [3.63, 3.8) is 0 Å². The van der Waals surface area contributed by atoms with E-state index in [4.69, 9.17) is 5.73 Å². The van der Waals surface area contributed by atoms with Gasteiger partial charge in [0.05, 0.1) is 5.69 Å². The zero-order valence-electron chi connectivity index (χ0n) is 9.42. The minimum absolute atomic E-state index is 0.766. The van der Waals surface area contributed by atoms with Crippen LogP contribution < -0.4 is 11.1 Å². The van der Waals surface area contributed by atoms with Crippen LogP contribution in [0.5, 0.6) is 0 Å². The van der Waals surface area contributed by atoms with Crippen LogP contribution in [-0.2, 0) is 0 Å². The average molecular weight is 225 g/mol. The Labute approximate surface area is 95.9 Å². The standard InChI is InChI=1S/C11H19N3S/c1-9-5-7-14-11(10(9)12)13-6-3-4-8-15-2/h5,7H,3-4,6,8,12H2,1-2H3,(H,13,14). The van der Waals surface area contributed by atoms with Crippen LogP contribution in [0.25, 0.3) is 0 Å². The van der Waals surface area contributed by atoms with Gasteiger partial charge in [-0.05, 0) is 43.4 Å². The topological polar surface area (TPSA) is 50.9 Å². The fourth-order valence-electron chi connectivity index (χ4n) is 1.29. The molecule has 0 spiro atoms. The number of hydrogen-bond acceptors (Lipinski definition) is 4. The Morgan fingerprint density at radius 2 is 2.27 bits per heavy atom. The lowest BCUT2D eigenvalue weighted by atomic mass is 10.2. The van der Waals surface area contributed by atoms with Gasteiger partial charge in [-0.15, -0.1) is 0 Å². The molecule has 1 aromatic heterocycles. The number of rotatable bonds is 6. The number of nitrogen functional groups attached to an aromatic ring is 1. The summed E-state index contributed by atoms with van der Waals surface area (Å²) in [4.78, 5) is 4.22. The molecule has 0 saturated heterocycles. The molecule has 0 radical (unpaired) electrons. The van der Waals surface area contributed by atoms with E-state index in [1.165, 1.54) is 12.2 Å². The van der Waals surface area contributed by atoms with E-state index in [1.54, 1.807) is 6.20 Å². The first-order chi connectivity index (χ1) is 7.25. The number of unbranched alkanes of at least 4 members (excludes halogenated alkanes) is 1. The van der Waals surface area contributed by atoms with Crippen LogP contribution in [0, 0.1) is 6.92 Å². The summed E-state index contributed by atoms with van der Waals surface area (Å²) in [5.41, 5.74) is 7.74. The van der Waals surface area contributed by atoms with Crippen LogP contribution in [0.15, 0.2) is 12.3 Å². The van der Waals surface area contributed by atoms with Crippen LogP contribution in [0.3, 0.4) is 0 Å². The number of aromatic nitrogens is 1. The lowest BCUT2D eigenvalue weighted by Gasteiger charge is -2.09. The first-order valence-electron chi connectivity index (χ1n) is 5.19. The van der Waals surface area contributed by atoms with Crippen LogP contribution in [0.1, 0.15) is 18.4 Å². The molecule has 3 nitrogen and oxygen atoms in total. The Hall–Kier alpha value is -0.900. The number of pyridine rings is 1. The van der Waals surface area contributed by atoms with Crippen molar-refractivity contribution in [1.82, 2.24) is 4.98 Å². The maximum atomic E-state index is 5.89. The van der Waals surface area contributed by atoms with Gasteiger partial charge in [-0.25, -0.2) is 4.98 Å². The minimum atomic E-state index is 0.766. The highest BCUT2D eigenvalue weighted by Crippen LogP contribution is 2.18. The molecule has 0 aromatic carbocycles. The normalized spacial score (nSPS) is 10.3. The molecule has 0 aliphatic heterocycles. The largest absolute Gasteiger partial charge is 0.396 e. The smallest absolute Gasteiger partial charge is 0.149 e. The van der Waals surface area contributed by atoms with E-state index >= 15 is 0 Å². The third-order valence-corrected chi connectivity index (χ3v) is 2.97. The molecule has 1 rings (SSSR count). The molecule has 0 aliphatic rings. The first-order valence-corrected chi connectivity index (χ1v) is 6.59. The van der Waals surface area contributed by atoms with Crippen molar-refractivity contribution >= 4 is 23.3 Å². The fourth-order valence-corrected chi connectivity index (χ4v) is 1.78. The van der Waals surface area contributed by atoms with Crippen LogP contribution in [0.2, 0.25) is 0 Å². The van der Waals surface area contributed by atoms with Gasteiger partial charge in [-0.3, -0.25) is 0 Å². The van der Waals surface area contributed by atoms with Crippen molar-refractivity contribution in [3.05, 3.63) is 17.8 Å². The van der Waals surface area contributed by atoms with Crippen LogP contribution >= 0.6 is 11.8 Å². The van der Waals surface area contributed by atoms with Crippen molar-refractivity contribution in [3.8, 4) is 0 Å². The number of nitrogens with two attached hydrogens (primary N) is 1. The molecule has 0 bridgehead atoms. The van der Waals surface area contributed by atoms with Crippen LogP contribution in [-0.4, -0.2) is 23.5 Å². The quantitative estimate of drug-likeness (QED) is 0.730. The fraction of sp³-hybridized carbons (Fsp3) is 0.545. The van der Waals surface area contributed by atoms with Crippen molar-refractivity contribution in [1.29, 1.82) is 0 Å². The molecule has 0 unspecified atom stereocenters. The van der Waals surface area contributed by atoms with Gasteiger partial charge in [0.2, 0.25) is 0 Å². The second-order valence-corrected chi connectivity index (χ2v) is 4.50. The summed E-state index contributed by atoms with van der Waals surface area (Å²) >= 11 is 1.89. The van der Waals surface area contributed by atoms with Crippen molar-refractivity contribution < 1.29 is 0 Å². The number of thioether (sulfide) groups is 1. The second kappa shape index (κ2) is 6.56. The molecule has 1 aromatic rings. The summed E-state index contributed by atoms with van der Waals surface area (Å²) in [6, 6.07) is 1.92. The number of nitrogens with one attached hydrogen (secondary N) is 1. The van der Waals surface area contributed by atoms with E-state index < -0.39 is 0 Å². The predicted octanol–water partition coefficient (Wildman–Crippen LogP) is 2.53. The number of hydrogen-bond donors (Lipinski definition) is 2. The molecule has 0 amide bonds. The number of anilines is 2. The van der Waals surface area contributed by atoms with Gasteiger partial charge in [0.25, 0.3) is 0 Å². The molecule has 4 heteroatoms. The first kappa shape index (κ1) is 12.2. The Balaban J connectivity index is 2.34. The van der Waals surface area contributed by atoms with E-state index in [0.717, 1.165) is 30.0 Å². The van der Waals surface area contributed by atoms with Crippen molar-refractivity contribution in [2.24, 2.45) is 0 Å². The molecule has 0 fully saturated rings. The Bertz CT molecular complexity index is 302. The zero-order valence-corrected chi connectivity index (χ0v) is 10.2. The van der Waals surface area contributed by atoms with Gasteiger partial charge in [0, 0.05) is 12.7 Å². The summed E-state index contributed by atoms with van der Waals surface area (Å²) in [7, 11) is 0. The third kappa shape index (κ3) is 4.00. The highest BCUT2D eigenvalue weighted by molar-refractivity contribution is 7.98. The van der Waals surface area contributed by atoms with Gasteiger partial charge in [0.15, 0.2) is 0 Å². The summed E-state index contributed by atoms with van der Waals surface area (Å²) in [6.07, 6.45) is 6.32. The van der Waals surface area contributed by atoms with E-state index in [1.807, 2.05) is 24.8 Å². The zero-order chi connectivity index (χ0) is 11.1. The Kier molecular flexibility index (Phi) is 5.32. The molecule has 15 heavy (non-hydrogen) atoms. The minimum Gasteiger partial charge on any atom is -0.396 e. The maximum absolute atomic E-state index is 5.89. The monoisotopic (exact) mass is 225 g/mol. The van der Waals surface area contributed by atoms with E-state index in [0.29, 0.717) is 0 Å². The van der Waals surface area contributed by atoms with Gasteiger partial charge < -0.3 is 11.1 Å². The molecule has 0 saturated carbocycles. The van der Waals surface area contributed by atoms with E-state index in [9.17, 15) is 0 Å². The maximum Gasteiger partial charge on any atom is 0.149 e. The van der Waals surface area contributed by atoms with Gasteiger partial charge in [-0.1, -0.05) is 0 Å². The number of nitrogens with zero attached hydrogens (tertiary/aromatic N) is 1. The molecule has 3 N–H and O–H groups in total. The number of aryl methyl sites for hydroxylation is 1. The predicted molar refractivity (Wildman–Crippen MR) is 69.5 cm³/mol. The Morgan fingerprint density at radius 3 is 3.00 bits per heavy atom. The van der Waals surface area contributed by atoms with Crippen molar-refractivity contribution in [2.45, 2.75) is 19.8 Å². The molecule has 0 atom stereocenters. The molecular weight excluding hydrogens is 206 g/mol. The lowest BCUT2D eigenvalue weighted by molar-refractivity contribution is 0.840. The molecular formula is C11H19N3S. The van der Waals surface area contributed by atoms with Gasteiger partial charge in [-0.2, -0.15) is 11.8 Å². The van der Waals surface area contributed by atoms with Gasteiger partial charge >= 0.3 is 0 Å². The average Bonchev–Trinajstić information content (AvgIpc) is 2.24. The summed E-state index contributed by atoms with van der Waals surface area (Å²) < 4.78 is 0. The SMILES string of the molecule is CSCCCCNc1nccc(C)c1N. The summed E-state index contributed by atoms with van der Waals surface area (Å²) in [5, 5.41) is 3.27. The Morgan fingerprint density at radius 1 is 1.47 bits per heavy atom. The molecule has 84 valence electrons. The van der Waals surface area contributed by atoms with Gasteiger partial charge in [0.1, 0.15) is 5.82 Å². The lowest BCUT2D eigenvalue weighted by Crippen LogP contribution is -2.07. The van der Waals surface area contributed by atoms with E-state index in [-0.39, 0.29) is 0 Å². The highest BCUT2D eigenvalue weighted by Gasteiger charge is 2.01. The second-order valence-electron chi connectivity index (χ2n) is 3.52. The summed E-state index contributed by atoms with van der Waals surface area (Å²) in [5.74, 6) is 2.04. The van der Waals surface area contributed by atoms with Crippen molar-refractivity contribution in [2.75, 3.05) is 29.6 Å². The highest BCUT2D eigenvalue weighted by atomic mass is 32.2. The third-order valence-electron chi connectivity index (χ3n) is 2.28.